The van der Waals surface area contributed by atoms with Crippen LogP contribution in [-0.2, 0) is 0 Å². The number of nitrogens with zero attached hydrogens (tertiary/aromatic N) is 1. The minimum absolute atomic E-state index is 0.505. The third-order valence-electron chi connectivity index (χ3n) is 0.598. The van der Waals surface area contributed by atoms with E-state index < -0.39 is 11.4 Å². The molecule has 0 aromatic carbocycles. The summed E-state index contributed by atoms with van der Waals surface area (Å²) in [6, 6.07) is 0. The van der Waals surface area contributed by atoms with Gasteiger partial charge in [-0.3, -0.25) is 4.98 Å². The number of halogens is 1. The van der Waals surface area contributed by atoms with Crippen LogP contribution in [-0.4, -0.2) is 13.8 Å². The summed E-state index contributed by atoms with van der Waals surface area (Å²) >= 11 is 2.73. The molecule has 2 N–H and O–H groups in total. The molecule has 0 amide bonds. The molecule has 0 saturated carbocycles. The lowest BCUT2D eigenvalue weighted by atomic mass is 11.2. The fourth-order valence-corrected chi connectivity index (χ4v) is 0.564. The Labute approximate surface area is 51.7 Å². The van der Waals surface area contributed by atoms with Crippen LogP contribution >= 0.6 is 16.1 Å². The lowest BCUT2D eigenvalue weighted by Crippen LogP contribution is -2.09. The molecule has 1 rings (SSSR count). The second-order valence-electron chi connectivity index (χ2n) is 1.15. The largest absolute Gasteiger partial charge is 0.354 e. The Hall–Kier alpha value is -0.780. The summed E-state index contributed by atoms with van der Waals surface area (Å²) in [4.78, 5) is 22.4. The molecular weight excluding hydrogens is 178 g/mol. The second kappa shape index (κ2) is 1.62. The summed E-state index contributed by atoms with van der Waals surface area (Å²) in [7, 11) is 0. The van der Waals surface area contributed by atoms with Crippen LogP contribution < -0.4 is 11.4 Å². The van der Waals surface area contributed by atoms with Crippen molar-refractivity contribution in [1.29, 1.82) is 0 Å². The van der Waals surface area contributed by atoms with Crippen molar-refractivity contribution in [2.45, 2.75) is 0 Å². The van der Waals surface area contributed by atoms with E-state index in [1.807, 2.05) is 4.98 Å². The zero-order chi connectivity index (χ0) is 6.15. The highest BCUT2D eigenvalue weighted by Crippen LogP contribution is 1.70. The Morgan fingerprint density at radius 3 is 2.25 bits per heavy atom. The molecule has 0 spiro atoms. The van der Waals surface area contributed by atoms with E-state index in [-0.39, 0.29) is 0 Å². The molecule has 1 aromatic heterocycles. The molecule has 0 radical (unpaired) electrons. The lowest BCUT2D eigenvalue weighted by molar-refractivity contribution is 0.975. The normalized spacial score (nSPS) is 9.62. The Bertz CT molecular complexity index is 280. The van der Waals surface area contributed by atoms with Crippen molar-refractivity contribution in [2.75, 3.05) is 0 Å². The number of aromatic amines is 2. The van der Waals surface area contributed by atoms with Crippen LogP contribution in [0.1, 0.15) is 0 Å². The highest BCUT2D eigenvalue weighted by molar-refractivity contribution is 9.08. The van der Waals surface area contributed by atoms with Crippen molar-refractivity contribution < 1.29 is 0 Å². The number of nitrogens with one attached hydrogen (secondary N) is 2. The van der Waals surface area contributed by atoms with Crippen molar-refractivity contribution >= 4 is 16.1 Å². The Kier molecular flexibility index (Phi) is 1.09. The SMILES string of the molecule is O=c1[nH]c(=O)n(Br)[nH]1. The average Bonchev–Trinajstić information content (AvgIpc) is 1.85. The average molecular weight is 180 g/mol. The fourth-order valence-electron chi connectivity index (χ4n) is 0.314. The van der Waals surface area contributed by atoms with Crippen LogP contribution in [0.4, 0.5) is 0 Å². The van der Waals surface area contributed by atoms with Crippen LogP contribution in [0.3, 0.4) is 0 Å². The van der Waals surface area contributed by atoms with Crippen molar-refractivity contribution in [2.24, 2.45) is 0 Å². The van der Waals surface area contributed by atoms with Crippen molar-refractivity contribution in [3.63, 3.8) is 0 Å². The zero-order valence-electron chi connectivity index (χ0n) is 3.64. The van der Waals surface area contributed by atoms with Gasteiger partial charge in [0.1, 0.15) is 0 Å². The van der Waals surface area contributed by atoms with E-state index >= 15 is 0 Å². The Balaban J connectivity index is 3.59. The quantitative estimate of drug-likeness (QED) is 0.538. The zero-order valence-corrected chi connectivity index (χ0v) is 5.23. The van der Waals surface area contributed by atoms with Gasteiger partial charge in [0.15, 0.2) is 0 Å². The number of hydrogen-bond acceptors (Lipinski definition) is 2. The first-order valence-corrected chi connectivity index (χ1v) is 2.48. The molecule has 44 valence electrons. The minimum atomic E-state index is -0.521. The van der Waals surface area contributed by atoms with Crippen LogP contribution in [0.2, 0.25) is 0 Å². The van der Waals surface area contributed by atoms with E-state index in [2.05, 4.69) is 21.2 Å². The Morgan fingerprint density at radius 2 is 2.12 bits per heavy atom. The van der Waals surface area contributed by atoms with E-state index in [1.165, 1.54) is 0 Å². The highest BCUT2D eigenvalue weighted by atomic mass is 79.9. The summed E-state index contributed by atoms with van der Waals surface area (Å²) < 4.78 is 0.884. The molecule has 0 aliphatic carbocycles. The maximum absolute atomic E-state index is 10.3. The molecule has 1 heterocycles. The van der Waals surface area contributed by atoms with Crippen LogP contribution in [0.5, 0.6) is 0 Å². The van der Waals surface area contributed by atoms with E-state index in [4.69, 9.17) is 0 Å². The highest BCUT2D eigenvalue weighted by Gasteiger charge is 1.90. The maximum Gasteiger partial charge on any atom is 0.354 e. The summed E-state index contributed by atoms with van der Waals surface area (Å²) in [6.45, 7) is 0. The van der Waals surface area contributed by atoms with E-state index in [0.29, 0.717) is 0 Å². The Morgan fingerprint density at radius 1 is 1.50 bits per heavy atom. The van der Waals surface area contributed by atoms with Gasteiger partial charge < -0.3 is 0 Å². The summed E-state index contributed by atoms with van der Waals surface area (Å²) in [5.41, 5.74) is -1.03. The molecule has 0 saturated heterocycles. The molecule has 5 nitrogen and oxygen atoms in total. The van der Waals surface area contributed by atoms with Crippen LogP contribution in [0, 0.1) is 0 Å². The molecule has 0 unspecified atom stereocenters. The van der Waals surface area contributed by atoms with Gasteiger partial charge in [-0.1, -0.05) is 0 Å². The first kappa shape index (κ1) is 5.36. The van der Waals surface area contributed by atoms with Crippen LogP contribution in [0.15, 0.2) is 9.59 Å². The first-order chi connectivity index (χ1) is 3.70. The molecule has 1 aromatic rings. The molecule has 0 aliphatic rings. The third-order valence-corrected chi connectivity index (χ3v) is 1.10. The number of H-pyrrole nitrogens is 2. The predicted octanol–water partition coefficient (Wildman–Crippen LogP) is -0.977. The van der Waals surface area contributed by atoms with Gasteiger partial charge in [0.2, 0.25) is 0 Å². The van der Waals surface area contributed by atoms with E-state index in [0.717, 1.165) is 3.71 Å². The molecule has 0 aliphatic heterocycles. The van der Waals surface area contributed by atoms with Crippen LogP contribution in [0.25, 0.3) is 0 Å². The second-order valence-corrected chi connectivity index (χ2v) is 1.86. The van der Waals surface area contributed by atoms with E-state index in [9.17, 15) is 9.59 Å². The van der Waals surface area contributed by atoms with Gasteiger partial charge in [0, 0.05) is 0 Å². The van der Waals surface area contributed by atoms with Crippen molar-refractivity contribution in [1.82, 2.24) is 13.8 Å². The van der Waals surface area contributed by atoms with Gasteiger partial charge in [-0.2, -0.15) is 3.71 Å². The maximum atomic E-state index is 10.3. The molecular formula is C2H2BrN3O2. The van der Waals surface area contributed by atoms with Gasteiger partial charge in [0.25, 0.3) is 0 Å². The van der Waals surface area contributed by atoms with Gasteiger partial charge in [-0.15, -0.1) is 0 Å². The topological polar surface area (TPSA) is 70.7 Å². The number of aromatic nitrogens is 3. The van der Waals surface area contributed by atoms with Gasteiger partial charge in [0.05, 0.1) is 16.1 Å². The number of rotatable bonds is 0. The number of hydrogen-bond donors (Lipinski definition) is 2. The molecule has 0 fully saturated rings. The molecule has 0 atom stereocenters. The van der Waals surface area contributed by atoms with E-state index in [1.54, 1.807) is 0 Å². The summed E-state index contributed by atoms with van der Waals surface area (Å²) in [5, 5.41) is 2.12. The van der Waals surface area contributed by atoms with Gasteiger partial charge >= 0.3 is 11.4 Å². The summed E-state index contributed by atoms with van der Waals surface area (Å²) in [5.74, 6) is 0. The minimum Gasteiger partial charge on any atom is -0.256 e. The molecule has 6 heteroatoms. The van der Waals surface area contributed by atoms with Gasteiger partial charge in [-0.25, -0.2) is 14.7 Å². The van der Waals surface area contributed by atoms with Gasteiger partial charge in [-0.05, 0) is 0 Å². The lowest BCUT2D eigenvalue weighted by Gasteiger charge is -1.72. The van der Waals surface area contributed by atoms with Crippen molar-refractivity contribution in [3.8, 4) is 0 Å². The first-order valence-electron chi connectivity index (χ1n) is 1.77. The molecule has 0 bridgehead atoms. The monoisotopic (exact) mass is 179 g/mol. The predicted molar refractivity (Wildman–Crippen MR) is 30.0 cm³/mol. The van der Waals surface area contributed by atoms with Crippen molar-refractivity contribution in [3.05, 3.63) is 21.0 Å². The molecule has 8 heavy (non-hydrogen) atoms. The standard InChI is InChI=1S/C2H2BrN3O2/c3-6-2(8)4-1(7)5-6/h(H2,4,5,7,8). The summed E-state index contributed by atoms with van der Waals surface area (Å²) in [6.07, 6.45) is 0. The third kappa shape index (κ3) is 0.738. The smallest absolute Gasteiger partial charge is 0.256 e. The fraction of sp³-hybridized carbons (Fsp3) is 0.